The van der Waals surface area contributed by atoms with Crippen LogP contribution < -0.4 is 9.66 Å². The molecule has 0 aliphatic rings. The van der Waals surface area contributed by atoms with Crippen molar-refractivity contribution in [2.24, 2.45) is 0 Å². The molecule has 8 heteroatoms. The van der Waals surface area contributed by atoms with Crippen molar-refractivity contribution < 1.29 is 22.8 Å². The molecule has 82 valence electrons. The van der Waals surface area contributed by atoms with Gasteiger partial charge in [0.25, 0.3) is 4.92 Å². The molecule has 1 aromatic rings. The normalized spacial score (nSPS) is 11.9. The quantitative estimate of drug-likeness (QED) is 0.574. The second-order valence-corrected chi connectivity index (χ2v) is 2.95. The van der Waals surface area contributed by atoms with Crippen molar-refractivity contribution >= 4 is 17.0 Å². The third-order valence-corrected chi connectivity index (χ3v) is 1.71. The van der Waals surface area contributed by atoms with Gasteiger partial charge in [-0.3, -0.25) is 4.55 Å². The predicted octanol–water partition coefficient (Wildman–Crippen LogP) is 0.679. The highest BCUT2D eigenvalue weighted by atomic mass is 32.2. The topological polar surface area (TPSA) is 87.9 Å². The molecule has 0 spiro atoms. The molecule has 0 saturated heterocycles. The van der Waals surface area contributed by atoms with Crippen molar-refractivity contribution in [2.45, 2.75) is 0 Å². The van der Waals surface area contributed by atoms with E-state index in [1.165, 1.54) is 31.3 Å². The molecule has 0 radical (unpaired) electrons. The number of nitrogens with one attached hydrogen (secondary N) is 1. The Morgan fingerprint density at radius 2 is 2.27 bits per heavy atom. The summed E-state index contributed by atoms with van der Waals surface area (Å²) in [5.74, 6) is 0.0916. The summed E-state index contributed by atoms with van der Waals surface area (Å²) < 4.78 is 23.3. The summed E-state index contributed by atoms with van der Waals surface area (Å²) in [7, 11) is 1.42. The first-order valence-corrected chi connectivity index (χ1v) is 4.87. The fourth-order valence-corrected chi connectivity index (χ4v) is 1.14. The molecule has 0 amide bonds. The van der Waals surface area contributed by atoms with Crippen molar-refractivity contribution in [1.29, 1.82) is 0 Å². The lowest BCUT2D eigenvalue weighted by Gasteiger charge is -1.97. The van der Waals surface area contributed by atoms with Crippen LogP contribution in [0.25, 0.3) is 0 Å². The molecule has 0 aliphatic carbocycles. The number of benzene rings is 1. The monoisotopic (exact) mass is 233 g/mol. The molecule has 15 heavy (non-hydrogen) atoms. The lowest BCUT2D eigenvalue weighted by atomic mass is 10.3. The fourth-order valence-electron chi connectivity index (χ4n) is 0.867. The molecule has 1 rings (SSSR count). The molecule has 0 aliphatic heterocycles. The minimum atomic E-state index is -2.42. The maximum atomic E-state index is 11.1. The largest absolute Gasteiger partial charge is 0.380 e. The van der Waals surface area contributed by atoms with Gasteiger partial charge in [-0.15, -0.1) is 4.94 Å². The van der Waals surface area contributed by atoms with E-state index in [-0.39, 0.29) is 16.4 Å². The number of nitrogens with zero attached hydrogens (tertiary/aromatic N) is 1. The van der Waals surface area contributed by atoms with Gasteiger partial charge in [-0.2, -0.15) is 4.21 Å². The highest BCUT2D eigenvalue weighted by Crippen LogP contribution is 2.19. The Bertz CT molecular complexity index is 383. The van der Waals surface area contributed by atoms with Crippen molar-refractivity contribution in [3.8, 4) is 5.75 Å². The van der Waals surface area contributed by atoms with Gasteiger partial charge in [0.05, 0.1) is 11.0 Å². The zero-order valence-corrected chi connectivity index (χ0v) is 8.56. The van der Waals surface area contributed by atoms with Crippen LogP contribution in [-0.4, -0.2) is 20.7 Å². The van der Waals surface area contributed by atoms with E-state index in [4.69, 9.17) is 4.55 Å². The van der Waals surface area contributed by atoms with Crippen LogP contribution in [0.4, 0.5) is 5.69 Å². The first-order valence-electron chi connectivity index (χ1n) is 3.83. The number of hydrogen-bond donors (Lipinski definition) is 2. The molecule has 0 saturated carbocycles. The van der Waals surface area contributed by atoms with Gasteiger partial charge in [0.15, 0.2) is 0 Å². The van der Waals surface area contributed by atoms with Crippen LogP contribution in [0.15, 0.2) is 24.3 Å². The van der Waals surface area contributed by atoms with E-state index in [1.807, 2.05) is 0 Å². The summed E-state index contributed by atoms with van der Waals surface area (Å²) >= 11 is -2.42. The second-order valence-electron chi connectivity index (χ2n) is 2.35. The van der Waals surface area contributed by atoms with Gasteiger partial charge in [0.2, 0.25) is 0 Å². The van der Waals surface area contributed by atoms with Gasteiger partial charge in [-0.25, -0.2) is 0 Å². The molecule has 0 heterocycles. The van der Waals surface area contributed by atoms with Crippen molar-refractivity contribution in [3.05, 3.63) is 29.2 Å². The molecule has 2 N–H and O–H groups in total. The van der Waals surface area contributed by atoms with E-state index < -0.39 is 11.4 Å². The zero-order chi connectivity index (χ0) is 11.3. The standard InChI is InChI=1S/C7H8N2O5S/c1-8-14-9(10)6-3-2-4-7(5-6)13-15(11)12/h2-5,8H,1H3/p+1. The van der Waals surface area contributed by atoms with Crippen molar-refractivity contribution in [1.82, 2.24) is 5.48 Å². The molecule has 0 fully saturated rings. The summed E-state index contributed by atoms with van der Waals surface area (Å²) in [5.41, 5.74) is 2.32. The van der Waals surface area contributed by atoms with E-state index in [2.05, 4.69) is 14.6 Å². The van der Waals surface area contributed by atoms with Crippen molar-refractivity contribution in [3.63, 3.8) is 0 Å². The summed E-state index contributed by atoms with van der Waals surface area (Å²) in [6, 6.07) is 5.64. The third kappa shape index (κ3) is 3.62. The van der Waals surface area contributed by atoms with Crippen LogP contribution in [0.1, 0.15) is 0 Å². The maximum absolute atomic E-state index is 11.1. The van der Waals surface area contributed by atoms with E-state index >= 15 is 0 Å². The number of rotatable bonds is 5. The molecule has 0 bridgehead atoms. The molecule has 0 aromatic heterocycles. The summed E-state index contributed by atoms with van der Waals surface area (Å²) in [5, 5.41) is 0. The summed E-state index contributed by atoms with van der Waals surface area (Å²) in [4.78, 5) is 15.7. The molecular formula is C7H9N2O5S+. The molecular weight excluding hydrogens is 224 g/mol. The average Bonchev–Trinajstić information content (AvgIpc) is 2.17. The Balaban J connectivity index is 2.82. The van der Waals surface area contributed by atoms with Crippen LogP contribution in [0.2, 0.25) is 0 Å². The lowest BCUT2D eigenvalue weighted by Crippen LogP contribution is -2.14. The van der Waals surface area contributed by atoms with Crippen LogP contribution in [0.3, 0.4) is 0 Å². The Morgan fingerprint density at radius 3 is 2.87 bits per heavy atom. The van der Waals surface area contributed by atoms with E-state index in [0.717, 1.165) is 0 Å². The highest BCUT2D eigenvalue weighted by Gasteiger charge is 2.17. The second kappa shape index (κ2) is 5.39. The van der Waals surface area contributed by atoms with Gasteiger partial charge in [-0.05, 0) is 6.07 Å². The zero-order valence-electron chi connectivity index (χ0n) is 7.75. The van der Waals surface area contributed by atoms with Gasteiger partial charge in [0, 0.05) is 13.1 Å². The number of hydrogen-bond acceptors (Lipinski definition) is 5. The van der Waals surface area contributed by atoms with Crippen molar-refractivity contribution in [2.75, 3.05) is 7.05 Å². The highest BCUT2D eigenvalue weighted by molar-refractivity contribution is 7.74. The first kappa shape index (κ1) is 11.6. The van der Waals surface area contributed by atoms with E-state index in [1.54, 1.807) is 0 Å². The fraction of sp³-hybridized carbons (Fsp3) is 0.143. The van der Waals surface area contributed by atoms with Crippen LogP contribution in [0.5, 0.6) is 5.75 Å². The van der Waals surface area contributed by atoms with E-state index in [0.29, 0.717) is 0 Å². The van der Waals surface area contributed by atoms with Gasteiger partial charge in [-0.1, -0.05) is 11.5 Å². The first-order chi connectivity index (χ1) is 7.13. The summed E-state index contributed by atoms with van der Waals surface area (Å²) in [6.45, 7) is 0. The van der Waals surface area contributed by atoms with E-state index in [9.17, 15) is 9.12 Å². The number of hydroxylamine groups is 1. The Labute approximate surface area is 88.0 Å². The smallest absolute Gasteiger partial charge is 0.357 e. The van der Waals surface area contributed by atoms with Crippen LogP contribution in [-0.2, 0) is 16.3 Å². The molecule has 7 nitrogen and oxygen atoms in total. The lowest BCUT2D eigenvalue weighted by molar-refractivity contribution is -0.763. The van der Waals surface area contributed by atoms with Gasteiger partial charge >= 0.3 is 17.0 Å². The van der Waals surface area contributed by atoms with Crippen LogP contribution >= 0.6 is 0 Å². The Kier molecular flexibility index (Phi) is 4.16. The molecule has 1 atom stereocenters. The van der Waals surface area contributed by atoms with Crippen LogP contribution in [0, 0.1) is 4.91 Å². The third-order valence-electron chi connectivity index (χ3n) is 1.37. The van der Waals surface area contributed by atoms with Gasteiger partial charge < -0.3 is 4.18 Å². The predicted molar refractivity (Wildman–Crippen MR) is 51.3 cm³/mol. The van der Waals surface area contributed by atoms with Gasteiger partial charge in [0.1, 0.15) is 5.75 Å². The SMILES string of the molecule is CNO[N+](=O)c1cccc(OS(=O)O)c1. The maximum Gasteiger partial charge on any atom is 0.357 e. The Morgan fingerprint density at radius 1 is 1.53 bits per heavy atom. The summed E-state index contributed by atoms with van der Waals surface area (Å²) in [6.07, 6.45) is 0. The molecule has 1 unspecified atom stereocenters. The minimum absolute atomic E-state index is 0.0916. The average molecular weight is 233 g/mol. The molecule has 1 aromatic carbocycles. The minimum Gasteiger partial charge on any atom is -0.380 e. The Hall–Kier alpha value is -1.51.